The fourth-order valence-corrected chi connectivity index (χ4v) is 1.20. The third-order valence-electron chi connectivity index (χ3n) is 1.89. The minimum Gasteiger partial charge on any atom is -0.367 e. The Morgan fingerprint density at radius 2 is 2.07 bits per heavy atom. The predicted octanol–water partition coefficient (Wildman–Crippen LogP) is 1.03. The van der Waals surface area contributed by atoms with Gasteiger partial charge in [-0.25, -0.2) is 9.67 Å². The summed E-state index contributed by atoms with van der Waals surface area (Å²) in [6.45, 7) is 0.916. The summed E-state index contributed by atoms with van der Waals surface area (Å²) in [6, 6.07) is 9.95. The van der Waals surface area contributed by atoms with Crippen molar-refractivity contribution >= 4 is 5.95 Å². The van der Waals surface area contributed by atoms with Crippen LogP contribution in [0.15, 0.2) is 36.7 Å². The molecule has 0 spiro atoms. The first-order valence-electron chi connectivity index (χ1n) is 4.61. The molecule has 15 heavy (non-hydrogen) atoms. The normalized spacial score (nSPS) is 10.4. The van der Waals surface area contributed by atoms with Crippen molar-refractivity contribution in [1.29, 1.82) is 0 Å². The van der Waals surface area contributed by atoms with E-state index in [9.17, 15) is 0 Å². The summed E-state index contributed by atoms with van der Waals surface area (Å²) in [4.78, 5) is 3.79. The van der Waals surface area contributed by atoms with Gasteiger partial charge in [0.05, 0.1) is 6.61 Å². The highest BCUT2D eigenvalue weighted by molar-refractivity contribution is 5.13. The SMILES string of the molecule is Nc1ncn(COCc2ccccc2)n1. The van der Waals surface area contributed by atoms with Gasteiger partial charge in [-0.05, 0) is 5.56 Å². The predicted molar refractivity (Wildman–Crippen MR) is 55.7 cm³/mol. The Kier molecular flexibility index (Phi) is 2.94. The number of aromatic nitrogens is 3. The number of nitrogens with zero attached hydrogens (tertiary/aromatic N) is 3. The average molecular weight is 204 g/mol. The molecule has 0 unspecified atom stereocenters. The Hall–Kier alpha value is -1.88. The quantitative estimate of drug-likeness (QED) is 0.807. The Balaban J connectivity index is 1.80. The molecule has 0 fully saturated rings. The summed E-state index contributed by atoms with van der Waals surface area (Å²) in [5.74, 6) is 0.262. The highest BCUT2D eigenvalue weighted by Gasteiger charge is 1.96. The van der Waals surface area contributed by atoms with Crippen molar-refractivity contribution in [2.75, 3.05) is 5.73 Å². The van der Waals surface area contributed by atoms with Crippen molar-refractivity contribution in [3.63, 3.8) is 0 Å². The minimum atomic E-state index is 0.262. The van der Waals surface area contributed by atoms with Crippen LogP contribution < -0.4 is 5.73 Å². The monoisotopic (exact) mass is 204 g/mol. The highest BCUT2D eigenvalue weighted by Crippen LogP contribution is 2.01. The summed E-state index contributed by atoms with van der Waals surface area (Å²) in [5, 5.41) is 3.90. The highest BCUT2D eigenvalue weighted by atomic mass is 16.5. The first-order valence-corrected chi connectivity index (χ1v) is 4.61. The van der Waals surface area contributed by atoms with E-state index in [1.807, 2.05) is 30.3 Å². The average Bonchev–Trinajstić information content (AvgIpc) is 2.66. The molecule has 0 amide bonds. The number of nitrogens with two attached hydrogens (primary N) is 1. The first-order chi connectivity index (χ1) is 7.34. The number of ether oxygens (including phenoxy) is 1. The summed E-state index contributed by atoms with van der Waals surface area (Å²) in [6.07, 6.45) is 1.54. The van der Waals surface area contributed by atoms with Crippen LogP contribution in [0.4, 0.5) is 5.95 Å². The number of anilines is 1. The lowest BCUT2D eigenvalue weighted by Crippen LogP contribution is -2.03. The lowest BCUT2D eigenvalue weighted by Gasteiger charge is -2.03. The van der Waals surface area contributed by atoms with Crippen molar-refractivity contribution in [2.45, 2.75) is 13.3 Å². The van der Waals surface area contributed by atoms with Gasteiger partial charge in [-0.2, -0.15) is 0 Å². The topological polar surface area (TPSA) is 66.0 Å². The third-order valence-corrected chi connectivity index (χ3v) is 1.89. The van der Waals surface area contributed by atoms with E-state index in [1.54, 1.807) is 11.0 Å². The Morgan fingerprint density at radius 1 is 1.27 bits per heavy atom. The molecule has 2 rings (SSSR count). The molecule has 5 nitrogen and oxygen atoms in total. The van der Waals surface area contributed by atoms with Crippen LogP contribution in [0.5, 0.6) is 0 Å². The summed E-state index contributed by atoms with van der Waals surface area (Å²) in [7, 11) is 0. The maximum absolute atomic E-state index is 5.42. The molecule has 2 N–H and O–H groups in total. The van der Waals surface area contributed by atoms with Crippen LogP contribution in [0.2, 0.25) is 0 Å². The molecule has 0 atom stereocenters. The molecule has 0 aliphatic rings. The first kappa shape index (κ1) is 9.67. The fourth-order valence-electron chi connectivity index (χ4n) is 1.20. The van der Waals surface area contributed by atoms with Gasteiger partial charge in [-0.15, -0.1) is 5.10 Å². The van der Waals surface area contributed by atoms with Crippen LogP contribution >= 0.6 is 0 Å². The van der Waals surface area contributed by atoms with Crippen molar-refractivity contribution in [3.8, 4) is 0 Å². The van der Waals surface area contributed by atoms with Crippen LogP contribution in [0.25, 0.3) is 0 Å². The number of nitrogen functional groups attached to an aromatic ring is 1. The van der Waals surface area contributed by atoms with Gasteiger partial charge in [-0.3, -0.25) is 0 Å². The van der Waals surface area contributed by atoms with E-state index < -0.39 is 0 Å². The van der Waals surface area contributed by atoms with Crippen LogP contribution in [0.1, 0.15) is 5.56 Å². The van der Waals surface area contributed by atoms with Crippen molar-refractivity contribution < 1.29 is 4.74 Å². The van der Waals surface area contributed by atoms with E-state index in [2.05, 4.69) is 10.1 Å². The van der Waals surface area contributed by atoms with E-state index in [0.717, 1.165) is 5.56 Å². The van der Waals surface area contributed by atoms with Gasteiger partial charge in [0.1, 0.15) is 13.1 Å². The second-order valence-corrected chi connectivity index (χ2v) is 3.11. The van der Waals surface area contributed by atoms with E-state index in [0.29, 0.717) is 13.3 Å². The lowest BCUT2D eigenvalue weighted by molar-refractivity contribution is 0.0560. The van der Waals surface area contributed by atoms with Gasteiger partial charge in [0.25, 0.3) is 0 Å². The second-order valence-electron chi connectivity index (χ2n) is 3.11. The lowest BCUT2D eigenvalue weighted by atomic mass is 10.2. The number of rotatable bonds is 4. The molecule has 0 aliphatic heterocycles. The summed E-state index contributed by atoms with van der Waals surface area (Å²) >= 11 is 0. The van der Waals surface area contributed by atoms with Crippen LogP contribution in [-0.2, 0) is 18.1 Å². The summed E-state index contributed by atoms with van der Waals surface area (Å²) in [5.41, 5.74) is 6.49. The molecule has 1 aromatic carbocycles. The van der Waals surface area contributed by atoms with E-state index in [-0.39, 0.29) is 5.95 Å². The molecule has 2 aromatic rings. The van der Waals surface area contributed by atoms with E-state index in [4.69, 9.17) is 10.5 Å². The Morgan fingerprint density at radius 3 is 2.73 bits per heavy atom. The maximum atomic E-state index is 5.42. The third kappa shape index (κ3) is 2.78. The summed E-state index contributed by atoms with van der Waals surface area (Å²) < 4.78 is 6.98. The number of hydrogen-bond acceptors (Lipinski definition) is 4. The smallest absolute Gasteiger partial charge is 0.239 e. The fraction of sp³-hybridized carbons (Fsp3) is 0.200. The molecule has 1 heterocycles. The largest absolute Gasteiger partial charge is 0.367 e. The second kappa shape index (κ2) is 4.56. The van der Waals surface area contributed by atoms with Crippen LogP contribution in [0.3, 0.4) is 0 Å². The zero-order valence-corrected chi connectivity index (χ0v) is 8.21. The van der Waals surface area contributed by atoms with Crippen LogP contribution in [-0.4, -0.2) is 14.8 Å². The van der Waals surface area contributed by atoms with Gasteiger partial charge in [0, 0.05) is 0 Å². The van der Waals surface area contributed by atoms with Gasteiger partial charge < -0.3 is 10.5 Å². The van der Waals surface area contributed by atoms with E-state index in [1.165, 1.54) is 0 Å². The molecule has 0 aliphatic carbocycles. The number of benzene rings is 1. The zero-order chi connectivity index (χ0) is 10.5. The molecule has 5 heteroatoms. The molecule has 0 radical (unpaired) electrons. The van der Waals surface area contributed by atoms with Gasteiger partial charge in [0.2, 0.25) is 5.95 Å². The minimum absolute atomic E-state index is 0.262. The zero-order valence-electron chi connectivity index (χ0n) is 8.21. The molecule has 0 saturated carbocycles. The molecular weight excluding hydrogens is 192 g/mol. The Labute approximate surface area is 87.5 Å². The molecule has 0 bridgehead atoms. The van der Waals surface area contributed by atoms with E-state index >= 15 is 0 Å². The Bertz CT molecular complexity index is 412. The molecular formula is C10H12N4O. The molecule has 1 aromatic heterocycles. The number of hydrogen-bond donors (Lipinski definition) is 1. The maximum Gasteiger partial charge on any atom is 0.239 e. The standard InChI is InChI=1S/C10H12N4O/c11-10-12-7-14(13-10)8-15-6-9-4-2-1-3-5-9/h1-5,7H,6,8H2,(H2,11,13). The molecule has 0 saturated heterocycles. The van der Waals surface area contributed by atoms with Crippen molar-refractivity contribution in [2.24, 2.45) is 0 Å². The van der Waals surface area contributed by atoms with Gasteiger partial charge >= 0.3 is 0 Å². The van der Waals surface area contributed by atoms with Crippen molar-refractivity contribution in [1.82, 2.24) is 14.8 Å². The van der Waals surface area contributed by atoms with Gasteiger partial charge in [0.15, 0.2) is 0 Å². The van der Waals surface area contributed by atoms with Crippen molar-refractivity contribution in [3.05, 3.63) is 42.2 Å². The van der Waals surface area contributed by atoms with Crippen LogP contribution in [0, 0.1) is 0 Å². The molecule has 78 valence electrons. The van der Waals surface area contributed by atoms with Gasteiger partial charge in [-0.1, -0.05) is 30.3 Å².